The van der Waals surface area contributed by atoms with Crippen molar-refractivity contribution in [3.63, 3.8) is 0 Å². The highest BCUT2D eigenvalue weighted by Crippen LogP contribution is 2.20. The van der Waals surface area contributed by atoms with Gasteiger partial charge in [-0.15, -0.1) is 0 Å². The molecule has 22 heavy (non-hydrogen) atoms. The molecule has 0 aliphatic rings. The number of nitrogens with zero attached hydrogens (tertiary/aromatic N) is 2. The number of fused-ring (bicyclic) bond motifs is 1. The molecule has 3 rings (SSSR count). The monoisotopic (exact) mass is 293 g/mol. The molecule has 2 aromatic carbocycles. The fourth-order valence-electron chi connectivity index (χ4n) is 2.61. The van der Waals surface area contributed by atoms with Gasteiger partial charge in [0.15, 0.2) is 0 Å². The van der Waals surface area contributed by atoms with Crippen LogP contribution < -0.4 is 0 Å². The van der Waals surface area contributed by atoms with Crippen molar-refractivity contribution in [2.45, 2.75) is 19.9 Å². The quantitative estimate of drug-likeness (QED) is 0.801. The molecule has 4 nitrogen and oxygen atoms in total. The lowest BCUT2D eigenvalue weighted by Crippen LogP contribution is -2.26. The molecular weight excluding hydrogens is 274 g/mol. The lowest BCUT2D eigenvalue weighted by atomic mass is 10.0. The third-order valence-corrected chi connectivity index (χ3v) is 3.87. The van der Waals surface area contributed by atoms with Gasteiger partial charge in [0.1, 0.15) is 5.69 Å². The number of aryl methyl sites for hydroxylation is 1. The van der Waals surface area contributed by atoms with Crippen molar-refractivity contribution < 1.29 is 4.79 Å². The smallest absolute Gasteiger partial charge is 0.274 e. The van der Waals surface area contributed by atoms with Crippen LogP contribution in [-0.2, 0) is 13.0 Å². The zero-order valence-electron chi connectivity index (χ0n) is 12.8. The Morgan fingerprint density at radius 2 is 1.95 bits per heavy atom. The molecule has 1 heterocycles. The van der Waals surface area contributed by atoms with Gasteiger partial charge < -0.3 is 4.90 Å². The van der Waals surface area contributed by atoms with E-state index in [-0.39, 0.29) is 5.91 Å². The Balaban J connectivity index is 1.83. The minimum absolute atomic E-state index is 0.0658. The normalized spacial score (nSPS) is 10.8. The molecule has 4 heteroatoms. The van der Waals surface area contributed by atoms with Crippen LogP contribution in [0.5, 0.6) is 0 Å². The number of aromatic nitrogens is 2. The topological polar surface area (TPSA) is 49.0 Å². The predicted octanol–water partition coefficient (Wildman–Crippen LogP) is 3.40. The maximum absolute atomic E-state index is 12.5. The van der Waals surface area contributed by atoms with Crippen molar-refractivity contribution in [1.29, 1.82) is 0 Å². The van der Waals surface area contributed by atoms with Crippen LogP contribution >= 0.6 is 0 Å². The standard InChI is InChI=1S/C18H19N3O/c1-3-15-11-17(20-19-15)18(22)21(2)12-14-9-6-8-13-7-4-5-10-16(13)14/h4-11H,3,12H2,1-2H3,(H,19,20). The number of rotatable bonds is 4. The van der Waals surface area contributed by atoms with Gasteiger partial charge in [-0.1, -0.05) is 49.4 Å². The summed E-state index contributed by atoms with van der Waals surface area (Å²) in [5, 5.41) is 9.35. The van der Waals surface area contributed by atoms with Gasteiger partial charge >= 0.3 is 0 Å². The maximum atomic E-state index is 12.5. The van der Waals surface area contributed by atoms with Gasteiger partial charge in [-0.25, -0.2) is 0 Å². The Labute approximate surface area is 129 Å². The van der Waals surface area contributed by atoms with E-state index in [2.05, 4.69) is 34.5 Å². The average molecular weight is 293 g/mol. The summed E-state index contributed by atoms with van der Waals surface area (Å²) in [6, 6.07) is 16.2. The summed E-state index contributed by atoms with van der Waals surface area (Å²) in [4.78, 5) is 14.2. The molecule has 0 saturated carbocycles. The SMILES string of the molecule is CCc1cc(C(=O)N(C)Cc2cccc3ccccc23)n[nH]1. The molecule has 112 valence electrons. The van der Waals surface area contributed by atoms with Crippen molar-refractivity contribution >= 4 is 16.7 Å². The van der Waals surface area contributed by atoms with Crippen LogP contribution in [0.2, 0.25) is 0 Å². The average Bonchev–Trinajstić information content (AvgIpc) is 3.03. The molecule has 0 fully saturated rings. The zero-order valence-corrected chi connectivity index (χ0v) is 12.8. The van der Waals surface area contributed by atoms with Crippen LogP contribution in [0.1, 0.15) is 28.7 Å². The number of aromatic amines is 1. The van der Waals surface area contributed by atoms with Gasteiger partial charge in [0.25, 0.3) is 5.91 Å². The third kappa shape index (κ3) is 2.72. The molecular formula is C18H19N3O. The van der Waals surface area contributed by atoms with Crippen molar-refractivity contribution in [2.24, 2.45) is 0 Å². The van der Waals surface area contributed by atoms with E-state index >= 15 is 0 Å². The first-order valence-corrected chi connectivity index (χ1v) is 7.45. The summed E-state index contributed by atoms with van der Waals surface area (Å²) in [5.74, 6) is -0.0658. The zero-order chi connectivity index (χ0) is 15.5. The highest BCUT2D eigenvalue weighted by Gasteiger charge is 2.16. The number of benzene rings is 2. The van der Waals surface area contributed by atoms with E-state index in [1.165, 1.54) is 10.8 Å². The molecule has 0 atom stereocenters. The Morgan fingerprint density at radius 1 is 1.18 bits per heavy atom. The molecule has 0 radical (unpaired) electrons. The molecule has 1 N–H and O–H groups in total. The molecule has 0 unspecified atom stereocenters. The van der Waals surface area contributed by atoms with Crippen LogP contribution in [0.15, 0.2) is 48.5 Å². The third-order valence-electron chi connectivity index (χ3n) is 3.87. The van der Waals surface area contributed by atoms with Gasteiger partial charge in [-0.3, -0.25) is 9.89 Å². The molecule has 3 aromatic rings. The maximum Gasteiger partial charge on any atom is 0.274 e. The van der Waals surface area contributed by atoms with E-state index in [4.69, 9.17) is 0 Å². The molecule has 0 saturated heterocycles. The Morgan fingerprint density at radius 3 is 2.73 bits per heavy atom. The number of nitrogens with one attached hydrogen (secondary N) is 1. The predicted molar refractivity (Wildman–Crippen MR) is 87.7 cm³/mol. The van der Waals surface area contributed by atoms with E-state index < -0.39 is 0 Å². The lowest BCUT2D eigenvalue weighted by Gasteiger charge is -2.17. The summed E-state index contributed by atoms with van der Waals surface area (Å²) >= 11 is 0. The summed E-state index contributed by atoms with van der Waals surface area (Å²) in [6.07, 6.45) is 0.841. The number of carbonyl (C=O) groups excluding carboxylic acids is 1. The largest absolute Gasteiger partial charge is 0.336 e. The van der Waals surface area contributed by atoms with Gasteiger partial charge in [-0.2, -0.15) is 5.10 Å². The summed E-state index contributed by atoms with van der Waals surface area (Å²) < 4.78 is 0. The second kappa shape index (κ2) is 6.02. The molecule has 0 aliphatic heterocycles. The number of carbonyl (C=O) groups is 1. The van der Waals surface area contributed by atoms with E-state index in [0.29, 0.717) is 12.2 Å². The number of H-pyrrole nitrogens is 1. The van der Waals surface area contributed by atoms with Crippen LogP contribution in [0, 0.1) is 0 Å². The van der Waals surface area contributed by atoms with Crippen molar-refractivity contribution in [2.75, 3.05) is 7.05 Å². The van der Waals surface area contributed by atoms with Gasteiger partial charge in [0.05, 0.1) is 0 Å². The van der Waals surface area contributed by atoms with Crippen molar-refractivity contribution in [3.05, 3.63) is 65.5 Å². The van der Waals surface area contributed by atoms with Crippen LogP contribution in [0.3, 0.4) is 0 Å². The summed E-state index contributed by atoms with van der Waals surface area (Å²) in [6.45, 7) is 2.59. The lowest BCUT2D eigenvalue weighted by molar-refractivity contribution is 0.0780. The van der Waals surface area contributed by atoms with E-state index in [1.54, 1.807) is 4.90 Å². The highest BCUT2D eigenvalue weighted by molar-refractivity contribution is 5.92. The Bertz CT molecular complexity index is 801. The minimum atomic E-state index is -0.0658. The fourth-order valence-corrected chi connectivity index (χ4v) is 2.61. The Hall–Kier alpha value is -2.62. The molecule has 0 spiro atoms. The van der Waals surface area contributed by atoms with Gasteiger partial charge in [-0.05, 0) is 28.8 Å². The summed E-state index contributed by atoms with van der Waals surface area (Å²) in [7, 11) is 1.81. The Kier molecular flexibility index (Phi) is 3.92. The number of hydrogen-bond donors (Lipinski definition) is 1. The first-order chi connectivity index (χ1) is 10.7. The van der Waals surface area contributed by atoms with Gasteiger partial charge in [0.2, 0.25) is 0 Å². The van der Waals surface area contributed by atoms with E-state index in [1.807, 2.05) is 38.2 Å². The van der Waals surface area contributed by atoms with Crippen LogP contribution in [0.4, 0.5) is 0 Å². The molecule has 0 aliphatic carbocycles. The second-order valence-electron chi connectivity index (χ2n) is 5.43. The number of hydrogen-bond acceptors (Lipinski definition) is 2. The van der Waals surface area contributed by atoms with E-state index in [0.717, 1.165) is 17.7 Å². The number of amides is 1. The molecule has 1 amide bonds. The van der Waals surface area contributed by atoms with Crippen LogP contribution in [0.25, 0.3) is 10.8 Å². The molecule has 1 aromatic heterocycles. The van der Waals surface area contributed by atoms with Crippen molar-refractivity contribution in [3.8, 4) is 0 Å². The first-order valence-electron chi connectivity index (χ1n) is 7.45. The van der Waals surface area contributed by atoms with Crippen LogP contribution in [-0.4, -0.2) is 28.1 Å². The minimum Gasteiger partial charge on any atom is -0.336 e. The summed E-state index contributed by atoms with van der Waals surface area (Å²) in [5.41, 5.74) is 2.58. The first kappa shape index (κ1) is 14.3. The fraction of sp³-hybridized carbons (Fsp3) is 0.222. The van der Waals surface area contributed by atoms with E-state index in [9.17, 15) is 4.79 Å². The second-order valence-corrected chi connectivity index (χ2v) is 5.43. The highest BCUT2D eigenvalue weighted by atomic mass is 16.2. The van der Waals surface area contributed by atoms with Gasteiger partial charge in [0, 0.05) is 19.3 Å². The molecule has 0 bridgehead atoms. The van der Waals surface area contributed by atoms with Crippen molar-refractivity contribution in [1.82, 2.24) is 15.1 Å².